The predicted octanol–water partition coefficient (Wildman–Crippen LogP) is 6.48. The molecule has 0 aliphatic heterocycles. The Morgan fingerprint density at radius 3 is 2.61 bits per heavy atom. The molecule has 11 heteroatoms. The number of tetrazole rings is 1. The Morgan fingerprint density at radius 2 is 1.83 bits per heavy atom. The molecular formula is C25H24Cl3N5O2S. The molecule has 0 bridgehead atoms. The molecule has 4 rings (SSSR count). The third kappa shape index (κ3) is 7.05. The monoisotopic (exact) mass is 563 g/mol. The summed E-state index contributed by atoms with van der Waals surface area (Å²) in [4.78, 5) is 0. The number of hydrogen-bond donors (Lipinski definition) is 1. The molecule has 1 N–H and O–H groups in total. The van der Waals surface area contributed by atoms with Crippen molar-refractivity contribution in [1.82, 2.24) is 25.5 Å². The molecule has 0 spiro atoms. The number of benzene rings is 3. The molecule has 0 aliphatic carbocycles. The molecule has 0 amide bonds. The predicted molar refractivity (Wildman–Crippen MR) is 145 cm³/mol. The van der Waals surface area contributed by atoms with E-state index >= 15 is 0 Å². The van der Waals surface area contributed by atoms with Gasteiger partial charge in [0, 0.05) is 27.9 Å². The molecule has 3 aromatic carbocycles. The fourth-order valence-electron chi connectivity index (χ4n) is 3.40. The number of nitrogens with zero attached hydrogens (tertiary/aromatic N) is 4. The van der Waals surface area contributed by atoms with Crippen LogP contribution >= 0.6 is 46.6 Å². The van der Waals surface area contributed by atoms with Crippen molar-refractivity contribution in [3.05, 3.63) is 86.9 Å². The van der Waals surface area contributed by atoms with Gasteiger partial charge in [-0.3, -0.25) is 0 Å². The highest BCUT2D eigenvalue weighted by atomic mass is 35.5. The standard InChI is InChI=1S/C25H24Cl3N5O2S/c1-34-23-13-17(12-22(28)24(23)35-16-18-8-9-19(26)14-21(18)27)15-29-10-5-11-36-25-30-31-32-33(25)20-6-3-2-4-7-20/h2-4,6-9,12-14,29H,5,10-11,15-16H2,1H3. The summed E-state index contributed by atoms with van der Waals surface area (Å²) in [5, 5.41) is 17.8. The van der Waals surface area contributed by atoms with Crippen LogP contribution in [0.25, 0.3) is 5.69 Å². The molecule has 1 heterocycles. The van der Waals surface area contributed by atoms with Gasteiger partial charge in [0.1, 0.15) is 6.61 Å². The maximum atomic E-state index is 6.52. The van der Waals surface area contributed by atoms with E-state index in [0.717, 1.165) is 40.7 Å². The Bertz CT molecular complexity index is 1290. The Hall–Kier alpha value is -2.49. The zero-order valence-electron chi connectivity index (χ0n) is 19.5. The summed E-state index contributed by atoms with van der Waals surface area (Å²) in [5.74, 6) is 1.92. The molecule has 0 saturated carbocycles. The molecule has 0 fully saturated rings. The topological polar surface area (TPSA) is 74.1 Å². The minimum atomic E-state index is 0.245. The van der Waals surface area contributed by atoms with Crippen LogP contribution in [0.5, 0.6) is 11.5 Å². The zero-order chi connectivity index (χ0) is 25.3. The van der Waals surface area contributed by atoms with E-state index in [4.69, 9.17) is 44.3 Å². The van der Waals surface area contributed by atoms with E-state index in [-0.39, 0.29) is 6.61 Å². The van der Waals surface area contributed by atoms with Crippen molar-refractivity contribution < 1.29 is 9.47 Å². The maximum Gasteiger partial charge on any atom is 0.214 e. The van der Waals surface area contributed by atoms with E-state index in [1.807, 2.05) is 48.5 Å². The van der Waals surface area contributed by atoms with E-state index < -0.39 is 0 Å². The molecule has 1 aromatic heterocycles. The van der Waals surface area contributed by atoms with Gasteiger partial charge in [-0.05, 0) is 65.4 Å². The third-order valence-electron chi connectivity index (χ3n) is 5.18. The minimum absolute atomic E-state index is 0.245. The summed E-state index contributed by atoms with van der Waals surface area (Å²) in [5.41, 5.74) is 2.74. The van der Waals surface area contributed by atoms with Crippen LogP contribution in [0.1, 0.15) is 17.5 Å². The van der Waals surface area contributed by atoms with Gasteiger partial charge >= 0.3 is 0 Å². The Labute approximate surface area is 229 Å². The van der Waals surface area contributed by atoms with Gasteiger partial charge in [-0.15, -0.1) is 5.10 Å². The number of rotatable bonds is 12. The molecule has 188 valence electrons. The molecule has 0 atom stereocenters. The summed E-state index contributed by atoms with van der Waals surface area (Å²) in [6.45, 7) is 1.72. The number of methoxy groups -OCH3 is 1. The lowest BCUT2D eigenvalue weighted by Crippen LogP contribution is -2.15. The van der Waals surface area contributed by atoms with E-state index in [0.29, 0.717) is 33.1 Å². The molecule has 0 unspecified atom stereocenters. The molecule has 7 nitrogen and oxygen atoms in total. The Morgan fingerprint density at radius 1 is 1.00 bits per heavy atom. The summed E-state index contributed by atoms with van der Waals surface area (Å²) in [6.07, 6.45) is 0.945. The average Bonchev–Trinajstić information content (AvgIpc) is 3.35. The number of para-hydroxylation sites is 1. The normalized spacial score (nSPS) is 11.0. The molecule has 36 heavy (non-hydrogen) atoms. The lowest BCUT2D eigenvalue weighted by atomic mass is 10.2. The highest BCUT2D eigenvalue weighted by Crippen LogP contribution is 2.37. The van der Waals surface area contributed by atoms with Gasteiger partial charge in [0.2, 0.25) is 5.16 Å². The largest absolute Gasteiger partial charge is 0.493 e. The second-order valence-corrected chi connectivity index (χ2v) is 10.0. The first-order valence-electron chi connectivity index (χ1n) is 11.2. The van der Waals surface area contributed by atoms with Gasteiger partial charge in [0.25, 0.3) is 0 Å². The van der Waals surface area contributed by atoms with E-state index in [1.54, 1.807) is 35.7 Å². The minimum Gasteiger partial charge on any atom is -0.493 e. The van der Waals surface area contributed by atoms with E-state index in [9.17, 15) is 0 Å². The van der Waals surface area contributed by atoms with Crippen molar-refractivity contribution in [2.75, 3.05) is 19.4 Å². The lowest BCUT2D eigenvalue weighted by molar-refractivity contribution is 0.284. The smallest absolute Gasteiger partial charge is 0.214 e. The van der Waals surface area contributed by atoms with Crippen molar-refractivity contribution in [3.8, 4) is 17.2 Å². The van der Waals surface area contributed by atoms with E-state index in [2.05, 4.69) is 20.8 Å². The quantitative estimate of drug-likeness (QED) is 0.156. The first kappa shape index (κ1) is 26.6. The third-order valence-corrected chi connectivity index (χ3v) is 7.05. The molecule has 0 aliphatic rings. The fourth-order valence-corrected chi connectivity index (χ4v) is 4.98. The van der Waals surface area contributed by atoms with Crippen molar-refractivity contribution >= 4 is 46.6 Å². The SMILES string of the molecule is COc1cc(CNCCCSc2nnnn2-c2ccccc2)cc(Cl)c1OCc1ccc(Cl)cc1Cl. The van der Waals surface area contributed by atoms with Gasteiger partial charge in [0.15, 0.2) is 11.5 Å². The van der Waals surface area contributed by atoms with Crippen molar-refractivity contribution in [2.45, 2.75) is 24.7 Å². The zero-order valence-corrected chi connectivity index (χ0v) is 22.5. The molecular weight excluding hydrogens is 541 g/mol. The second kappa shape index (κ2) is 13.2. The molecule has 4 aromatic rings. The van der Waals surface area contributed by atoms with Crippen molar-refractivity contribution in [1.29, 1.82) is 0 Å². The van der Waals surface area contributed by atoms with Crippen LogP contribution in [0, 0.1) is 0 Å². The number of ether oxygens (including phenoxy) is 2. The van der Waals surface area contributed by atoms with Crippen molar-refractivity contribution in [3.63, 3.8) is 0 Å². The lowest BCUT2D eigenvalue weighted by Gasteiger charge is -2.15. The summed E-state index contributed by atoms with van der Waals surface area (Å²) in [7, 11) is 1.59. The summed E-state index contributed by atoms with van der Waals surface area (Å²) >= 11 is 20.3. The Balaban J connectivity index is 1.25. The van der Waals surface area contributed by atoms with Gasteiger partial charge in [-0.1, -0.05) is 70.8 Å². The average molecular weight is 565 g/mol. The first-order valence-corrected chi connectivity index (χ1v) is 13.3. The summed E-state index contributed by atoms with van der Waals surface area (Å²) in [6, 6.07) is 18.9. The molecule has 0 saturated heterocycles. The van der Waals surface area contributed by atoms with Crippen LogP contribution in [0.2, 0.25) is 15.1 Å². The van der Waals surface area contributed by atoms with E-state index in [1.165, 1.54) is 0 Å². The van der Waals surface area contributed by atoms with Crippen LogP contribution in [-0.4, -0.2) is 39.6 Å². The second-order valence-electron chi connectivity index (χ2n) is 7.72. The molecule has 0 radical (unpaired) electrons. The number of thioether (sulfide) groups is 1. The van der Waals surface area contributed by atoms with Gasteiger partial charge in [-0.25, -0.2) is 0 Å². The van der Waals surface area contributed by atoms with Crippen molar-refractivity contribution in [2.24, 2.45) is 0 Å². The Kier molecular flexibility index (Phi) is 9.72. The van der Waals surface area contributed by atoms with Crippen LogP contribution < -0.4 is 14.8 Å². The van der Waals surface area contributed by atoms with Crippen LogP contribution in [-0.2, 0) is 13.2 Å². The number of halogens is 3. The number of hydrogen-bond acceptors (Lipinski definition) is 7. The number of aromatic nitrogens is 4. The number of nitrogens with one attached hydrogen (secondary N) is 1. The highest BCUT2D eigenvalue weighted by molar-refractivity contribution is 7.99. The van der Waals surface area contributed by atoms with Crippen LogP contribution in [0.4, 0.5) is 0 Å². The van der Waals surface area contributed by atoms with Gasteiger partial charge in [0.05, 0.1) is 17.8 Å². The first-order chi connectivity index (χ1) is 17.5. The summed E-state index contributed by atoms with van der Waals surface area (Å²) < 4.78 is 13.2. The van der Waals surface area contributed by atoms with Crippen LogP contribution in [0.3, 0.4) is 0 Å². The van der Waals surface area contributed by atoms with Crippen LogP contribution in [0.15, 0.2) is 65.8 Å². The van der Waals surface area contributed by atoms with Gasteiger partial charge < -0.3 is 14.8 Å². The fraction of sp³-hybridized carbons (Fsp3) is 0.240. The maximum absolute atomic E-state index is 6.52. The van der Waals surface area contributed by atoms with Gasteiger partial charge in [-0.2, -0.15) is 4.68 Å². The highest BCUT2D eigenvalue weighted by Gasteiger charge is 2.14.